The van der Waals surface area contributed by atoms with E-state index < -0.39 is 0 Å². The Labute approximate surface area is 131 Å². The third-order valence-corrected chi connectivity index (χ3v) is 4.11. The van der Waals surface area contributed by atoms with Gasteiger partial charge in [0.2, 0.25) is 0 Å². The van der Waals surface area contributed by atoms with Crippen molar-refractivity contribution in [2.45, 2.75) is 0 Å². The van der Waals surface area contributed by atoms with Gasteiger partial charge in [0.1, 0.15) is 0 Å². The molecule has 0 saturated carbocycles. The van der Waals surface area contributed by atoms with E-state index in [0.29, 0.717) is 26.2 Å². The van der Waals surface area contributed by atoms with Crippen LogP contribution in [-0.2, 0) is 4.79 Å². The van der Waals surface area contributed by atoms with E-state index in [-0.39, 0.29) is 5.91 Å². The molecule has 1 amide bonds. The summed E-state index contributed by atoms with van der Waals surface area (Å²) in [5, 5.41) is 4.23. The van der Waals surface area contributed by atoms with Gasteiger partial charge in [-0.15, -0.1) is 0 Å². The molecular formula is C15H8Cl3NO. The summed E-state index contributed by atoms with van der Waals surface area (Å²) < 4.78 is 0. The maximum atomic E-state index is 12.0. The van der Waals surface area contributed by atoms with Crippen molar-refractivity contribution in [3.05, 3.63) is 62.6 Å². The van der Waals surface area contributed by atoms with Crippen LogP contribution >= 0.6 is 34.8 Å². The van der Waals surface area contributed by atoms with Gasteiger partial charge >= 0.3 is 0 Å². The van der Waals surface area contributed by atoms with Crippen LogP contribution in [0.4, 0.5) is 5.69 Å². The molecular weight excluding hydrogens is 317 g/mol. The second kappa shape index (κ2) is 5.13. The summed E-state index contributed by atoms with van der Waals surface area (Å²) >= 11 is 18.1. The molecule has 0 atom stereocenters. The van der Waals surface area contributed by atoms with Crippen LogP contribution in [0.5, 0.6) is 0 Å². The molecule has 0 aromatic heterocycles. The van der Waals surface area contributed by atoms with Crippen molar-refractivity contribution < 1.29 is 4.79 Å². The van der Waals surface area contributed by atoms with E-state index in [1.807, 2.05) is 0 Å². The van der Waals surface area contributed by atoms with Crippen molar-refractivity contribution in [1.82, 2.24) is 0 Å². The van der Waals surface area contributed by atoms with Crippen molar-refractivity contribution >= 4 is 58.0 Å². The van der Waals surface area contributed by atoms with Gasteiger partial charge in [-0.25, -0.2) is 0 Å². The van der Waals surface area contributed by atoms with Gasteiger partial charge in [0.25, 0.3) is 5.91 Å². The smallest absolute Gasteiger partial charge is 0.256 e. The van der Waals surface area contributed by atoms with E-state index in [1.165, 1.54) is 0 Å². The number of halogens is 3. The van der Waals surface area contributed by atoms with Crippen LogP contribution in [0.2, 0.25) is 15.1 Å². The first kappa shape index (κ1) is 13.5. The van der Waals surface area contributed by atoms with E-state index in [9.17, 15) is 4.79 Å². The number of fused-ring (bicyclic) bond motifs is 1. The molecule has 1 N–H and O–H groups in total. The van der Waals surface area contributed by atoms with Gasteiger partial charge in [0.05, 0.1) is 10.0 Å². The van der Waals surface area contributed by atoms with Crippen LogP contribution in [0.3, 0.4) is 0 Å². The molecule has 0 saturated heterocycles. The molecule has 2 nitrogen and oxygen atoms in total. The summed E-state index contributed by atoms with van der Waals surface area (Å²) in [7, 11) is 0. The van der Waals surface area contributed by atoms with Crippen LogP contribution < -0.4 is 5.32 Å². The van der Waals surface area contributed by atoms with Gasteiger partial charge in [0.15, 0.2) is 0 Å². The zero-order valence-corrected chi connectivity index (χ0v) is 12.4. The van der Waals surface area contributed by atoms with E-state index in [2.05, 4.69) is 5.32 Å². The summed E-state index contributed by atoms with van der Waals surface area (Å²) in [6.45, 7) is 0. The topological polar surface area (TPSA) is 29.1 Å². The minimum absolute atomic E-state index is 0.182. The fraction of sp³-hybridized carbons (Fsp3) is 0. The van der Waals surface area contributed by atoms with Crippen molar-refractivity contribution in [3.8, 4) is 0 Å². The Morgan fingerprint density at radius 1 is 1.05 bits per heavy atom. The molecule has 0 unspecified atom stereocenters. The predicted molar refractivity (Wildman–Crippen MR) is 84.4 cm³/mol. The summed E-state index contributed by atoms with van der Waals surface area (Å²) in [5.41, 5.74) is 2.71. The molecule has 0 radical (unpaired) electrons. The minimum atomic E-state index is -0.182. The van der Waals surface area contributed by atoms with Gasteiger partial charge in [-0.3, -0.25) is 4.79 Å². The molecule has 2 aromatic rings. The standard InChI is InChI=1S/C15H8Cl3NO/c16-9-4-5-13-10(7-9)11(15(20)19-13)6-8-2-1-3-12(17)14(8)18/h1-7H,(H,19,20). The Bertz CT molecular complexity index is 753. The van der Waals surface area contributed by atoms with Crippen molar-refractivity contribution in [2.24, 2.45) is 0 Å². The first-order chi connectivity index (χ1) is 9.56. The molecule has 100 valence electrons. The molecule has 1 aliphatic rings. The third-order valence-electron chi connectivity index (χ3n) is 3.05. The Morgan fingerprint density at radius 3 is 2.65 bits per heavy atom. The maximum Gasteiger partial charge on any atom is 0.256 e. The molecule has 2 aromatic carbocycles. The number of nitrogens with one attached hydrogen (secondary N) is 1. The van der Waals surface area contributed by atoms with Crippen LogP contribution in [0.1, 0.15) is 11.1 Å². The van der Waals surface area contributed by atoms with Crippen molar-refractivity contribution in [3.63, 3.8) is 0 Å². The highest BCUT2D eigenvalue weighted by Gasteiger charge is 2.24. The van der Waals surface area contributed by atoms with Crippen molar-refractivity contribution in [1.29, 1.82) is 0 Å². The lowest BCUT2D eigenvalue weighted by atomic mass is 10.0. The highest BCUT2D eigenvalue weighted by molar-refractivity contribution is 6.43. The van der Waals surface area contributed by atoms with E-state index in [1.54, 1.807) is 42.5 Å². The summed E-state index contributed by atoms with van der Waals surface area (Å²) in [4.78, 5) is 12.0. The monoisotopic (exact) mass is 323 g/mol. The average Bonchev–Trinajstić information content (AvgIpc) is 2.71. The number of hydrogen-bond donors (Lipinski definition) is 1. The zero-order valence-electron chi connectivity index (χ0n) is 10.1. The molecule has 3 rings (SSSR count). The van der Waals surface area contributed by atoms with Gasteiger partial charge in [-0.2, -0.15) is 0 Å². The Balaban J connectivity index is 2.15. The number of amides is 1. The van der Waals surface area contributed by atoms with Crippen LogP contribution in [-0.4, -0.2) is 5.91 Å². The fourth-order valence-electron chi connectivity index (χ4n) is 2.09. The van der Waals surface area contributed by atoms with Crippen LogP contribution in [0.25, 0.3) is 11.6 Å². The SMILES string of the molecule is O=C1Nc2ccc(Cl)cc2C1=Cc1cccc(Cl)c1Cl. The fourth-order valence-corrected chi connectivity index (χ4v) is 2.63. The van der Waals surface area contributed by atoms with Crippen molar-refractivity contribution in [2.75, 3.05) is 5.32 Å². The Morgan fingerprint density at radius 2 is 1.85 bits per heavy atom. The second-order valence-corrected chi connectivity index (χ2v) is 5.57. The van der Waals surface area contributed by atoms with Gasteiger partial charge in [-0.1, -0.05) is 46.9 Å². The lowest BCUT2D eigenvalue weighted by Crippen LogP contribution is -2.03. The molecule has 0 aliphatic carbocycles. The molecule has 1 heterocycles. The van der Waals surface area contributed by atoms with E-state index in [4.69, 9.17) is 34.8 Å². The van der Waals surface area contributed by atoms with E-state index >= 15 is 0 Å². The highest BCUT2D eigenvalue weighted by atomic mass is 35.5. The summed E-state index contributed by atoms with van der Waals surface area (Å²) in [5.74, 6) is -0.182. The number of rotatable bonds is 1. The highest BCUT2D eigenvalue weighted by Crippen LogP contribution is 2.36. The second-order valence-electron chi connectivity index (χ2n) is 4.35. The predicted octanol–water partition coefficient (Wildman–Crippen LogP) is 5.14. The number of benzene rings is 2. The largest absolute Gasteiger partial charge is 0.321 e. The maximum absolute atomic E-state index is 12.0. The normalized spacial score (nSPS) is 15.3. The van der Waals surface area contributed by atoms with Crippen LogP contribution in [0.15, 0.2) is 36.4 Å². The molecule has 0 spiro atoms. The zero-order chi connectivity index (χ0) is 14.3. The molecule has 0 fully saturated rings. The molecule has 20 heavy (non-hydrogen) atoms. The number of carbonyl (C=O) groups excluding carboxylic acids is 1. The van der Waals surface area contributed by atoms with Gasteiger partial charge in [-0.05, 0) is 35.9 Å². The summed E-state index contributed by atoms with van der Waals surface area (Å²) in [6.07, 6.45) is 1.71. The lowest BCUT2D eigenvalue weighted by Gasteiger charge is -2.03. The Hall–Kier alpha value is -1.48. The first-order valence-corrected chi connectivity index (χ1v) is 6.96. The van der Waals surface area contributed by atoms with Gasteiger partial charge in [0, 0.05) is 21.8 Å². The molecule has 1 aliphatic heterocycles. The number of hydrogen-bond acceptors (Lipinski definition) is 1. The lowest BCUT2D eigenvalue weighted by molar-refractivity contribution is -0.110. The summed E-state index contributed by atoms with van der Waals surface area (Å²) in [6, 6.07) is 10.5. The van der Waals surface area contributed by atoms with Crippen LogP contribution in [0, 0.1) is 0 Å². The quantitative estimate of drug-likeness (QED) is 0.723. The molecule has 0 bridgehead atoms. The average molecular weight is 325 g/mol. The van der Waals surface area contributed by atoms with E-state index in [0.717, 1.165) is 11.3 Å². The first-order valence-electron chi connectivity index (χ1n) is 5.83. The number of carbonyl (C=O) groups is 1. The Kier molecular flexibility index (Phi) is 3.47. The third kappa shape index (κ3) is 2.31. The minimum Gasteiger partial charge on any atom is -0.321 e. The molecule has 5 heteroatoms. The number of anilines is 1. The van der Waals surface area contributed by atoms with Gasteiger partial charge < -0.3 is 5.32 Å².